The number of nitrogens with zero attached hydrogens (tertiary/aromatic N) is 2. The van der Waals surface area contributed by atoms with Crippen molar-refractivity contribution in [2.45, 2.75) is 4.90 Å². The van der Waals surface area contributed by atoms with Crippen molar-refractivity contribution in [2.24, 2.45) is 0 Å². The topological polar surface area (TPSA) is 23.6 Å². The second-order valence-corrected chi connectivity index (χ2v) is 5.08. The van der Waals surface area contributed by atoms with Crippen LogP contribution >= 0.6 is 11.8 Å². The molecule has 0 fully saturated rings. The van der Waals surface area contributed by atoms with E-state index in [2.05, 4.69) is 4.90 Å². The zero-order valence-electron chi connectivity index (χ0n) is 10.9. The lowest BCUT2D eigenvalue weighted by molar-refractivity contribution is 0.0783. The fourth-order valence-corrected chi connectivity index (χ4v) is 2.07. The maximum absolute atomic E-state index is 12.2. The van der Waals surface area contributed by atoms with Gasteiger partial charge in [0.2, 0.25) is 0 Å². The van der Waals surface area contributed by atoms with Crippen LogP contribution in [0.25, 0.3) is 0 Å². The first-order chi connectivity index (χ1) is 8.06. The molecule has 0 aliphatic rings. The number of likely N-dealkylation sites (N-methyl/N-ethyl adjacent to an activating group) is 2. The minimum absolute atomic E-state index is 0.0943. The lowest BCUT2D eigenvalue weighted by Crippen LogP contribution is -2.33. The fourth-order valence-electron chi connectivity index (χ4n) is 1.48. The molecular formula is C13H20N2OS. The predicted molar refractivity (Wildman–Crippen MR) is 73.7 cm³/mol. The number of carbonyl (C=O) groups is 1. The van der Waals surface area contributed by atoms with Crippen LogP contribution in [0.2, 0.25) is 0 Å². The number of benzene rings is 1. The molecule has 0 radical (unpaired) electrons. The van der Waals surface area contributed by atoms with E-state index in [9.17, 15) is 4.79 Å². The molecule has 0 unspecified atom stereocenters. The molecule has 0 saturated heterocycles. The summed E-state index contributed by atoms with van der Waals surface area (Å²) in [5, 5.41) is 0. The van der Waals surface area contributed by atoms with Crippen LogP contribution in [0.4, 0.5) is 0 Å². The Balaban J connectivity index is 2.74. The summed E-state index contributed by atoms with van der Waals surface area (Å²) >= 11 is 1.61. The maximum Gasteiger partial charge on any atom is 0.254 e. The summed E-state index contributed by atoms with van der Waals surface area (Å²) < 4.78 is 0. The van der Waals surface area contributed by atoms with Crippen LogP contribution in [-0.4, -0.2) is 56.2 Å². The molecule has 4 heteroatoms. The lowest BCUT2D eigenvalue weighted by Gasteiger charge is -2.20. The van der Waals surface area contributed by atoms with Gasteiger partial charge in [0.1, 0.15) is 0 Å². The summed E-state index contributed by atoms with van der Waals surface area (Å²) in [4.78, 5) is 17.1. The Bertz CT molecular complexity index is 379. The van der Waals surface area contributed by atoms with Crippen molar-refractivity contribution in [2.75, 3.05) is 40.5 Å². The van der Waals surface area contributed by atoms with Crippen molar-refractivity contribution in [3.63, 3.8) is 0 Å². The summed E-state index contributed by atoms with van der Waals surface area (Å²) in [6, 6.07) is 7.74. The largest absolute Gasteiger partial charge is 0.340 e. The molecule has 17 heavy (non-hydrogen) atoms. The van der Waals surface area contributed by atoms with Gasteiger partial charge < -0.3 is 9.80 Å². The molecule has 0 N–H and O–H groups in total. The van der Waals surface area contributed by atoms with Gasteiger partial charge in [0, 0.05) is 25.0 Å². The van der Waals surface area contributed by atoms with E-state index in [4.69, 9.17) is 0 Å². The van der Waals surface area contributed by atoms with Crippen LogP contribution in [0.5, 0.6) is 0 Å². The van der Waals surface area contributed by atoms with Gasteiger partial charge >= 0.3 is 0 Å². The highest BCUT2D eigenvalue weighted by Crippen LogP contribution is 2.20. The average molecular weight is 252 g/mol. The van der Waals surface area contributed by atoms with Crippen LogP contribution in [0.15, 0.2) is 29.2 Å². The Kier molecular flexibility index (Phi) is 5.51. The van der Waals surface area contributed by atoms with E-state index >= 15 is 0 Å². The van der Waals surface area contributed by atoms with Crippen LogP contribution in [-0.2, 0) is 0 Å². The summed E-state index contributed by atoms with van der Waals surface area (Å²) in [5.74, 6) is 0.0943. The molecule has 0 aliphatic carbocycles. The molecule has 0 aromatic heterocycles. The third kappa shape index (κ3) is 4.06. The first-order valence-corrected chi connectivity index (χ1v) is 6.82. The summed E-state index contributed by atoms with van der Waals surface area (Å²) in [6.45, 7) is 1.62. The van der Waals surface area contributed by atoms with Crippen LogP contribution in [0.3, 0.4) is 0 Å². The predicted octanol–water partition coefficient (Wildman–Crippen LogP) is 2.04. The van der Waals surface area contributed by atoms with Gasteiger partial charge in [0.05, 0.1) is 5.56 Å². The van der Waals surface area contributed by atoms with Crippen molar-refractivity contribution in [1.29, 1.82) is 0 Å². The average Bonchev–Trinajstić information content (AvgIpc) is 2.34. The Morgan fingerprint density at radius 1 is 1.18 bits per heavy atom. The highest BCUT2D eigenvalue weighted by atomic mass is 32.2. The van der Waals surface area contributed by atoms with Gasteiger partial charge in [-0.3, -0.25) is 4.79 Å². The van der Waals surface area contributed by atoms with Gasteiger partial charge in [0.15, 0.2) is 0 Å². The Hall–Kier alpha value is -1.00. The first kappa shape index (κ1) is 14.1. The quantitative estimate of drug-likeness (QED) is 0.749. The molecule has 0 spiro atoms. The molecule has 0 saturated carbocycles. The van der Waals surface area contributed by atoms with E-state index in [-0.39, 0.29) is 5.91 Å². The van der Waals surface area contributed by atoms with E-state index in [0.29, 0.717) is 0 Å². The molecule has 0 atom stereocenters. The number of rotatable bonds is 5. The number of thioether (sulfide) groups is 1. The number of hydrogen-bond acceptors (Lipinski definition) is 3. The molecule has 3 nitrogen and oxygen atoms in total. The Morgan fingerprint density at radius 2 is 1.82 bits per heavy atom. The Morgan fingerprint density at radius 3 is 2.41 bits per heavy atom. The van der Waals surface area contributed by atoms with Gasteiger partial charge in [-0.05, 0) is 32.5 Å². The summed E-state index contributed by atoms with van der Waals surface area (Å²) in [7, 11) is 5.87. The molecule has 0 aliphatic heterocycles. The molecule has 0 bridgehead atoms. The van der Waals surface area contributed by atoms with Gasteiger partial charge in [0.25, 0.3) is 5.91 Å². The highest BCUT2D eigenvalue weighted by molar-refractivity contribution is 7.98. The van der Waals surface area contributed by atoms with Crippen LogP contribution in [0, 0.1) is 0 Å². The fraction of sp³-hybridized carbons (Fsp3) is 0.462. The van der Waals surface area contributed by atoms with E-state index < -0.39 is 0 Å². The number of carbonyl (C=O) groups excluding carboxylic acids is 1. The van der Waals surface area contributed by atoms with E-state index in [1.165, 1.54) is 0 Å². The molecule has 94 valence electrons. The Labute approximate surface area is 108 Å². The van der Waals surface area contributed by atoms with Crippen molar-refractivity contribution >= 4 is 17.7 Å². The molecule has 1 aromatic rings. The van der Waals surface area contributed by atoms with E-state index in [1.807, 2.05) is 51.7 Å². The van der Waals surface area contributed by atoms with Gasteiger partial charge in [-0.15, -0.1) is 11.8 Å². The van der Waals surface area contributed by atoms with Gasteiger partial charge in [-0.1, -0.05) is 12.1 Å². The lowest BCUT2D eigenvalue weighted by atomic mass is 10.2. The molecule has 1 rings (SSSR count). The zero-order valence-corrected chi connectivity index (χ0v) is 11.8. The van der Waals surface area contributed by atoms with Gasteiger partial charge in [-0.25, -0.2) is 0 Å². The maximum atomic E-state index is 12.2. The molecule has 0 heterocycles. The molecular weight excluding hydrogens is 232 g/mol. The normalized spacial score (nSPS) is 10.6. The second kappa shape index (κ2) is 6.67. The van der Waals surface area contributed by atoms with Crippen molar-refractivity contribution in [3.8, 4) is 0 Å². The third-order valence-electron chi connectivity index (χ3n) is 2.57. The minimum Gasteiger partial charge on any atom is -0.340 e. The number of hydrogen-bond donors (Lipinski definition) is 0. The standard InChI is InChI=1S/C13H20N2OS/c1-14(2)9-10-15(3)13(16)11-7-5-6-8-12(11)17-4/h5-8H,9-10H2,1-4H3. The highest BCUT2D eigenvalue weighted by Gasteiger charge is 2.14. The SMILES string of the molecule is CSc1ccccc1C(=O)N(C)CCN(C)C. The monoisotopic (exact) mass is 252 g/mol. The van der Waals surface area contributed by atoms with E-state index in [0.717, 1.165) is 23.5 Å². The first-order valence-electron chi connectivity index (χ1n) is 5.59. The van der Waals surface area contributed by atoms with E-state index in [1.54, 1.807) is 16.7 Å². The summed E-state index contributed by atoms with van der Waals surface area (Å²) in [6.07, 6.45) is 1.99. The second-order valence-electron chi connectivity index (χ2n) is 4.23. The van der Waals surface area contributed by atoms with Crippen LogP contribution < -0.4 is 0 Å². The van der Waals surface area contributed by atoms with Crippen molar-refractivity contribution in [1.82, 2.24) is 9.80 Å². The molecule has 1 amide bonds. The van der Waals surface area contributed by atoms with Gasteiger partial charge in [-0.2, -0.15) is 0 Å². The van der Waals surface area contributed by atoms with Crippen LogP contribution in [0.1, 0.15) is 10.4 Å². The van der Waals surface area contributed by atoms with Crippen molar-refractivity contribution in [3.05, 3.63) is 29.8 Å². The minimum atomic E-state index is 0.0943. The molecule has 1 aromatic carbocycles. The summed E-state index contributed by atoms with van der Waals surface area (Å²) in [5.41, 5.74) is 0.793. The third-order valence-corrected chi connectivity index (χ3v) is 3.36. The number of amides is 1. The smallest absolute Gasteiger partial charge is 0.254 e. The zero-order chi connectivity index (χ0) is 12.8. The van der Waals surface area contributed by atoms with Crippen molar-refractivity contribution < 1.29 is 4.79 Å².